The highest BCUT2D eigenvalue weighted by molar-refractivity contribution is 5.83. The van der Waals surface area contributed by atoms with E-state index in [9.17, 15) is 4.79 Å². The van der Waals surface area contributed by atoms with E-state index in [0.29, 0.717) is 5.78 Å². The maximum absolute atomic E-state index is 11.9. The average Bonchev–Trinajstić information content (AvgIpc) is 2.20. The lowest BCUT2D eigenvalue weighted by Crippen LogP contribution is -2.31. The molecule has 1 rings (SSSR count). The van der Waals surface area contributed by atoms with Crippen molar-refractivity contribution in [3.63, 3.8) is 0 Å². The molecule has 1 nitrogen and oxygen atoms in total. The average molecular weight is 220 g/mol. The third-order valence-corrected chi connectivity index (χ3v) is 3.96. The maximum Gasteiger partial charge on any atom is 0.136 e. The van der Waals surface area contributed by atoms with Crippen LogP contribution in [0.1, 0.15) is 60.3 Å². The van der Waals surface area contributed by atoms with E-state index in [4.69, 9.17) is 0 Å². The number of ketones is 1. The van der Waals surface area contributed by atoms with Crippen LogP contribution >= 0.6 is 0 Å². The predicted octanol–water partition coefficient (Wildman–Crippen LogP) is 4.44. The zero-order valence-electron chi connectivity index (χ0n) is 11.3. The number of allylic oxidation sites excluding steroid dienone is 4. The van der Waals surface area contributed by atoms with E-state index in [2.05, 4.69) is 33.8 Å². The molecular formula is C15H24O. The summed E-state index contributed by atoms with van der Waals surface area (Å²) in [6.45, 7) is 10.3. The molecule has 0 fully saturated rings. The van der Waals surface area contributed by atoms with E-state index in [1.54, 1.807) is 6.92 Å². The van der Waals surface area contributed by atoms with Gasteiger partial charge < -0.3 is 0 Å². The lowest BCUT2D eigenvalue weighted by Gasteiger charge is -2.35. The first-order valence-electron chi connectivity index (χ1n) is 6.17. The number of Topliss-reactive ketones (excluding diaryl/α,β-unsaturated/α-hetero) is 1. The minimum atomic E-state index is -0.110. The molecule has 0 saturated carbocycles. The Kier molecular flexibility index (Phi) is 4.12. The van der Waals surface area contributed by atoms with Gasteiger partial charge in [0.1, 0.15) is 5.78 Å². The summed E-state index contributed by atoms with van der Waals surface area (Å²) >= 11 is 0. The van der Waals surface area contributed by atoms with Gasteiger partial charge in [-0.1, -0.05) is 22.8 Å². The van der Waals surface area contributed by atoms with Gasteiger partial charge >= 0.3 is 0 Å². The van der Waals surface area contributed by atoms with E-state index < -0.39 is 0 Å². The summed E-state index contributed by atoms with van der Waals surface area (Å²) < 4.78 is 0. The van der Waals surface area contributed by atoms with Crippen molar-refractivity contribution < 1.29 is 4.79 Å². The second-order valence-electron chi connectivity index (χ2n) is 5.56. The lowest BCUT2D eigenvalue weighted by molar-refractivity contribution is -0.127. The van der Waals surface area contributed by atoms with Crippen molar-refractivity contribution in [1.82, 2.24) is 0 Å². The molecule has 1 atom stereocenters. The monoisotopic (exact) mass is 220 g/mol. The SMILES string of the molecule is CC(=O)C1(CC=C(C)C)CCC(C)=C(C)C1. The van der Waals surface area contributed by atoms with Gasteiger partial charge in [-0.25, -0.2) is 0 Å². The van der Waals surface area contributed by atoms with Crippen molar-refractivity contribution in [2.45, 2.75) is 60.3 Å². The Balaban J connectivity index is 2.93. The number of hydrogen-bond donors (Lipinski definition) is 0. The minimum Gasteiger partial charge on any atom is -0.299 e. The molecule has 0 aromatic carbocycles. The molecule has 1 unspecified atom stereocenters. The summed E-state index contributed by atoms with van der Waals surface area (Å²) in [5.74, 6) is 0.358. The summed E-state index contributed by atoms with van der Waals surface area (Å²) in [5, 5.41) is 0. The van der Waals surface area contributed by atoms with Crippen LogP contribution in [0.25, 0.3) is 0 Å². The van der Waals surface area contributed by atoms with Crippen molar-refractivity contribution >= 4 is 5.78 Å². The van der Waals surface area contributed by atoms with Crippen LogP contribution in [0.2, 0.25) is 0 Å². The van der Waals surface area contributed by atoms with Gasteiger partial charge in [-0.2, -0.15) is 0 Å². The van der Waals surface area contributed by atoms with Crippen LogP contribution in [-0.2, 0) is 4.79 Å². The highest BCUT2D eigenvalue weighted by Gasteiger charge is 2.36. The molecule has 0 aromatic heterocycles. The second kappa shape index (κ2) is 4.99. The van der Waals surface area contributed by atoms with Gasteiger partial charge in [0, 0.05) is 5.41 Å². The molecule has 16 heavy (non-hydrogen) atoms. The molecule has 0 spiro atoms. The number of carbonyl (C=O) groups is 1. The second-order valence-corrected chi connectivity index (χ2v) is 5.56. The van der Waals surface area contributed by atoms with Crippen LogP contribution in [0.15, 0.2) is 22.8 Å². The Hall–Kier alpha value is -0.850. The van der Waals surface area contributed by atoms with Gasteiger partial charge in [0.2, 0.25) is 0 Å². The van der Waals surface area contributed by atoms with Crippen LogP contribution in [0.5, 0.6) is 0 Å². The minimum absolute atomic E-state index is 0.110. The highest BCUT2D eigenvalue weighted by atomic mass is 16.1. The topological polar surface area (TPSA) is 17.1 Å². The van der Waals surface area contributed by atoms with Crippen LogP contribution < -0.4 is 0 Å². The smallest absolute Gasteiger partial charge is 0.136 e. The summed E-state index contributed by atoms with van der Waals surface area (Å²) in [6.07, 6.45) is 6.19. The molecule has 1 aliphatic rings. The first-order valence-corrected chi connectivity index (χ1v) is 6.17. The van der Waals surface area contributed by atoms with E-state index in [-0.39, 0.29) is 5.41 Å². The molecule has 0 aromatic rings. The van der Waals surface area contributed by atoms with E-state index >= 15 is 0 Å². The number of hydrogen-bond acceptors (Lipinski definition) is 1. The van der Waals surface area contributed by atoms with Crippen LogP contribution in [0.3, 0.4) is 0 Å². The molecule has 0 aliphatic heterocycles. The molecule has 0 saturated heterocycles. The van der Waals surface area contributed by atoms with Crippen molar-refractivity contribution in [2.75, 3.05) is 0 Å². The molecule has 0 radical (unpaired) electrons. The fraction of sp³-hybridized carbons (Fsp3) is 0.667. The summed E-state index contributed by atoms with van der Waals surface area (Å²) in [4.78, 5) is 11.9. The van der Waals surface area contributed by atoms with Crippen molar-refractivity contribution in [1.29, 1.82) is 0 Å². The summed E-state index contributed by atoms with van der Waals surface area (Å²) in [5.41, 5.74) is 4.10. The zero-order valence-corrected chi connectivity index (χ0v) is 11.3. The van der Waals surface area contributed by atoms with Crippen LogP contribution in [-0.4, -0.2) is 5.78 Å². The molecule has 0 bridgehead atoms. The lowest BCUT2D eigenvalue weighted by atomic mass is 9.67. The highest BCUT2D eigenvalue weighted by Crippen LogP contribution is 2.43. The third kappa shape index (κ3) is 2.84. The molecule has 1 aliphatic carbocycles. The predicted molar refractivity (Wildman–Crippen MR) is 69.4 cm³/mol. The number of carbonyl (C=O) groups excluding carboxylic acids is 1. The Morgan fingerprint density at radius 1 is 1.25 bits per heavy atom. The van der Waals surface area contributed by atoms with Gasteiger partial charge in [-0.05, 0) is 60.3 Å². The van der Waals surface area contributed by atoms with E-state index in [1.807, 2.05) is 0 Å². The van der Waals surface area contributed by atoms with Crippen molar-refractivity contribution in [3.8, 4) is 0 Å². The zero-order chi connectivity index (χ0) is 12.3. The first kappa shape index (κ1) is 13.2. The van der Waals surface area contributed by atoms with Crippen LogP contribution in [0, 0.1) is 5.41 Å². The first-order chi connectivity index (χ1) is 7.37. The summed E-state index contributed by atoms with van der Waals surface area (Å²) in [6, 6.07) is 0. The quantitative estimate of drug-likeness (QED) is 0.643. The van der Waals surface area contributed by atoms with Gasteiger partial charge in [-0.3, -0.25) is 4.79 Å². The van der Waals surface area contributed by atoms with Crippen LogP contribution in [0.4, 0.5) is 0 Å². The van der Waals surface area contributed by atoms with Gasteiger partial charge in [0.25, 0.3) is 0 Å². The molecule has 0 amide bonds. The fourth-order valence-corrected chi connectivity index (χ4v) is 2.40. The van der Waals surface area contributed by atoms with E-state index in [1.165, 1.54) is 16.7 Å². The molecule has 0 N–H and O–H groups in total. The van der Waals surface area contributed by atoms with Crippen molar-refractivity contribution in [2.24, 2.45) is 5.41 Å². The number of rotatable bonds is 3. The summed E-state index contributed by atoms with van der Waals surface area (Å²) in [7, 11) is 0. The van der Waals surface area contributed by atoms with Crippen molar-refractivity contribution in [3.05, 3.63) is 22.8 Å². The molecular weight excluding hydrogens is 196 g/mol. The Labute approximate surface area is 99.6 Å². The Morgan fingerprint density at radius 3 is 2.31 bits per heavy atom. The van der Waals surface area contributed by atoms with Gasteiger partial charge in [-0.15, -0.1) is 0 Å². The third-order valence-electron chi connectivity index (χ3n) is 3.96. The molecule has 0 heterocycles. The maximum atomic E-state index is 11.9. The fourth-order valence-electron chi connectivity index (χ4n) is 2.40. The van der Waals surface area contributed by atoms with Gasteiger partial charge in [0.15, 0.2) is 0 Å². The standard InChI is InChI=1S/C15H24O/c1-11(2)6-8-15(14(5)16)9-7-12(3)13(4)10-15/h6H,7-10H2,1-5H3. The normalized spacial score (nSPS) is 25.6. The molecule has 90 valence electrons. The van der Waals surface area contributed by atoms with E-state index in [0.717, 1.165) is 25.7 Å². The largest absolute Gasteiger partial charge is 0.299 e. The Morgan fingerprint density at radius 2 is 1.88 bits per heavy atom. The Bertz CT molecular complexity index is 342. The molecule has 1 heteroatoms. The van der Waals surface area contributed by atoms with Gasteiger partial charge in [0.05, 0.1) is 0 Å².